The summed E-state index contributed by atoms with van der Waals surface area (Å²) in [6, 6.07) is 10.7. The number of amides is 1. The van der Waals surface area contributed by atoms with Gasteiger partial charge in [0.25, 0.3) is 11.5 Å². The van der Waals surface area contributed by atoms with Crippen molar-refractivity contribution in [3.8, 4) is 11.4 Å². The molecule has 144 valence electrons. The molecule has 9 heteroatoms. The van der Waals surface area contributed by atoms with Gasteiger partial charge in [0.2, 0.25) is 11.7 Å². The van der Waals surface area contributed by atoms with Crippen LogP contribution in [0.15, 0.2) is 45.7 Å². The lowest BCUT2D eigenvalue weighted by Gasteiger charge is -2.33. The van der Waals surface area contributed by atoms with Crippen LogP contribution in [-0.2, 0) is 6.54 Å². The van der Waals surface area contributed by atoms with Crippen LogP contribution in [0, 0.1) is 6.92 Å². The van der Waals surface area contributed by atoms with Crippen molar-refractivity contribution in [3.05, 3.63) is 63.9 Å². The molecule has 9 nitrogen and oxygen atoms in total. The molecule has 1 fully saturated rings. The maximum absolute atomic E-state index is 12.5. The standard InChI is InChI=1S/C19H20N6O3/c1-13-4-2-3-5-14(13)18-20-17(28-23-18)12-24-8-10-25(11-9-24)19(27)15-6-7-16(26)22-21-15/h2-7H,8-12H2,1H3,(H,22,26). The molecule has 28 heavy (non-hydrogen) atoms. The molecular weight excluding hydrogens is 360 g/mol. The van der Waals surface area contributed by atoms with Gasteiger partial charge in [0, 0.05) is 37.8 Å². The summed E-state index contributed by atoms with van der Waals surface area (Å²) in [6.07, 6.45) is 0. The van der Waals surface area contributed by atoms with Crippen molar-refractivity contribution in [1.82, 2.24) is 30.1 Å². The zero-order chi connectivity index (χ0) is 19.5. The highest BCUT2D eigenvalue weighted by Gasteiger charge is 2.24. The third-order valence-electron chi connectivity index (χ3n) is 4.77. The second-order valence-electron chi connectivity index (χ2n) is 6.70. The molecule has 1 aliphatic heterocycles. The van der Waals surface area contributed by atoms with E-state index in [-0.39, 0.29) is 17.2 Å². The largest absolute Gasteiger partial charge is 0.338 e. The van der Waals surface area contributed by atoms with E-state index in [1.807, 2.05) is 31.2 Å². The van der Waals surface area contributed by atoms with E-state index >= 15 is 0 Å². The summed E-state index contributed by atoms with van der Waals surface area (Å²) in [5.41, 5.74) is 1.97. The molecule has 1 aliphatic rings. The number of carbonyl (C=O) groups is 1. The van der Waals surface area contributed by atoms with Crippen LogP contribution in [0.25, 0.3) is 11.4 Å². The zero-order valence-corrected chi connectivity index (χ0v) is 15.5. The lowest BCUT2D eigenvalue weighted by molar-refractivity contribution is 0.0608. The third kappa shape index (κ3) is 3.84. The summed E-state index contributed by atoms with van der Waals surface area (Å²) in [5, 5.41) is 10.2. The lowest BCUT2D eigenvalue weighted by Crippen LogP contribution is -2.48. The Morgan fingerprint density at radius 1 is 1.14 bits per heavy atom. The van der Waals surface area contributed by atoms with Gasteiger partial charge >= 0.3 is 0 Å². The fourth-order valence-electron chi connectivity index (χ4n) is 3.18. The molecule has 0 aliphatic carbocycles. The SMILES string of the molecule is Cc1ccccc1-c1noc(CN2CCN(C(=O)c3ccc(=O)[nH]n3)CC2)n1. The Morgan fingerprint density at radius 2 is 1.93 bits per heavy atom. The van der Waals surface area contributed by atoms with Crippen LogP contribution in [0.3, 0.4) is 0 Å². The minimum absolute atomic E-state index is 0.185. The number of hydrogen-bond donors (Lipinski definition) is 1. The maximum atomic E-state index is 12.5. The Hall–Kier alpha value is -3.33. The number of H-pyrrole nitrogens is 1. The molecule has 1 N–H and O–H groups in total. The Kier molecular flexibility index (Phi) is 4.98. The van der Waals surface area contributed by atoms with E-state index < -0.39 is 0 Å². The lowest BCUT2D eigenvalue weighted by atomic mass is 10.1. The first kappa shape index (κ1) is 18.1. The Morgan fingerprint density at radius 3 is 2.64 bits per heavy atom. The average molecular weight is 380 g/mol. The van der Waals surface area contributed by atoms with Gasteiger partial charge in [0.15, 0.2) is 0 Å². The number of aromatic amines is 1. The van der Waals surface area contributed by atoms with E-state index in [1.165, 1.54) is 12.1 Å². The van der Waals surface area contributed by atoms with E-state index in [0.29, 0.717) is 44.4 Å². The molecule has 0 bridgehead atoms. The van der Waals surface area contributed by atoms with Crippen LogP contribution in [-0.4, -0.2) is 62.2 Å². The van der Waals surface area contributed by atoms with Crippen molar-refractivity contribution in [2.75, 3.05) is 26.2 Å². The van der Waals surface area contributed by atoms with Gasteiger partial charge in [-0.3, -0.25) is 14.5 Å². The summed E-state index contributed by atoms with van der Waals surface area (Å²) in [6.45, 7) is 5.07. The van der Waals surface area contributed by atoms with Gasteiger partial charge in [0.1, 0.15) is 5.69 Å². The first-order valence-electron chi connectivity index (χ1n) is 9.06. The molecule has 3 aromatic rings. The van der Waals surface area contributed by atoms with E-state index in [9.17, 15) is 9.59 Å². The molecule has 3 heterocycles. The highest BCUT2D eigenvalue weighted by atomic mass is 16.5. The average Bonchev–Trinajstić information content (AvgIpc) is 3.17. The number of hydrogen-bond acceptors (Lipinski definition) is 7. The predicted molar refractivity (Wildman–Crippen MR) is 101 cm³/mol. The number of piperazine rings is 1. The number of aryl methyl sites for hydroxylation is 1. The summed E-state index contributed by atoms with van der Waals surface area (Å²) in [7, 11) is 0. The van der Waals surface area contributed by atoms with Crippen LogP contribution in [0.1, 0.15) is 21.9 Å². The molecule has 0 radical (unpaired) electrons. The number of carbonyl (C=O) groups excluding carboxylic acids is 1. The molecule has 2 aromatic heterocycles. The Labute approximate surface area is 161 Å². The fourth-order valence-corrected chi connectivity index (χ4v) is 3.18. The summed E-state index contributed by atoms with van der Waals surface area (Å²) < 4.78 is 5.40. The smallest absolute Gasteiger partial charge is 0.274 e. The highest BCUT2D eigenvalue weighted by Crippen LogP contribution is 2.20. The second-order valence-corrected chi connectivity index (χ2v) is 6.70. The van der Waals surface area contributed by atoms with Crippen molar-refractivity contribution < 1.29 is 9.32 Å². The van der Waals surface area contributed by atoms with Gasteiger partial charge < -0.3 is 9.42 Å². The molecule has 0 atom stereocenters. The van der Waals surface area contributed by atoms with Crippen LogP contribution < -0.4 is 5.56 Å². The molecule has 0 unspecified atom stereocenters. The van der Waals surface area contributed by atoms with Gasteiger partial charge in [0.05, 0.1) is 6.54 Å². The van der Waals surface area contributed by atoms with Crippen LogP contribution in [0.4, 0.5) is 0 Å². The number of aromatic nitrogens is 4. The summed E-state index contributed by atoms with van der Waals surface area (Å²) in [5.74, 6) is 0.960. The second kappa shape index (κ2) is 7.73. The van der Waals surface area contributed by atoms with Crippen molar-refractivity contribution in [3.63, 3.8) is 0 Å². The topological polar surface area (TPSA) is 108 Å². The van der Waals surface area contributed by atoms with Gasteiger partial charge in [-0.15, -0.1) is 0 Å². The summed E-state index contributed by atoms with van der Waals surface area (Å²) >= 11 is 0. The van der Waals surface area contributed by atoms with Gasteiger partial charge in [-0.25, -0.2) is 5.10 Å². The van der Waals surface area contributed by atoms with Crippen molar-refractivity contribution >= 4 is 5.91 Å². The molecule has 0 saturated carbocycles. The quantitative estimate of drug-likeness (QED) is 0.722. The first-order chi connectivity index (χ1) is 13.6. The van der Waals surface area contributed by atoms with E-state index in [4.69, 9.17) is 4.52 Å². The highest BCUT2D eigenvalue weighted by molar-refractivity contribution is 5.92. The predicted octanol–water partition coefficient (Wildman–Crippen LogP) is 1.09. The van der Waals surface area contributed by atoms with Crippen molar-refractivity contribution in [2.24, 2.45) is 0 Å². The van der Waals surface area contributed by atoms with Crippen LogP contribution in [0.2, 0.25) is 0 Å². The normalized spacial score (nSPS) is 15.0. The van der Waals surface area contributed by atoms with Crippen molar-refractivity contribution in [1.29, 1.82) is 0 Å². The van der Waals surface area contributed by atoms with Gasteiger partial charge in [-0.1, -0.05) is 29.4 Å². The van der Waals surface area contributed by atoms with E-state index in [2.05, 4.69) is 25.2 Å². The molecule has 1 aromatic carbocycles. The molecule has 1 amide bonds. The maximum Gasteiger partial charge on any atom is 0.274 e. The fraction of sp³-hybridized carbons (Fsp3) is 0.316. The van der Waals surface area contributed by atoms with Gasteiger partial charge in [-0.2, -0.15) is 10.1 Å². The molecular formula is C19H20N6O3. The zero-order valence-electron chi connectivity index (χ0n) is 15.5. The Balaban J connectivity index is 1.35. The molecule has 0 spiro atoms. The minimum atomic E-state index is -0.328. The van der Waals surface area contributed by atoms with Crippen molar-refractivity contribution in [2.45, 2.75) is 13.5 Å². The minimum Gasteiger partial charge on any atom is -0.338 e. The number of rotatable bonds is 4. The summed E-state index contributed by atoms with van der Waals surface area (Å²) in [4.78, 5) is 31.9. The number of nitrogens with zero attached hydrogens (tertiary/aromatic N) is 5. The van der Waals surface area contributed by atoms with Crippen LogP contribution >= 0.6 is 0 Å². The molecule has 1 saturated heterocycles. The van der Waals surface area contributed by atoms with Crippen LogP contribution in [0.5, 0.6) is 0 Å². The first-order valence-corrected chi connectivity index (χ1v) is 9.06. The molecule has 4 rings (SSSR count). The number of nitrogens with one attached hydrogen (secondary N) is 1. The monoisotopic (exact) mass is 380 g/mol. The van der Waals surface area contributed by atoms with Gasteiger partial charge in [-0.05, 0) is 18.6 Å². The van der Waals surface area contributed by atoms with E-state index in [1.54, 1.807) is 4.90 Å². The number of benzene rings is 1. The third-order valence-corrected chi connectivity index (χ3v) is 4.77. The van der Waals surface area contributed by atoms with E-state index in [0.717, 1.165) is 11.1 Å². The Bertz CT molecular complexity index is 1020.